The second-order valence-corrected chi connectivity index (χ2v) is 6.58. The molecule has 5 rings (SSSR count). The van der Waals surface area contributed by atoms with Crippen molar-refractivity contribution in [3.63, 3.8) is 0 Å². The molecular weight excluding hydrogens is 300 g/mol. The van der Waals surface area contributed by atoms with Crippen LogP contribution in [0.15, 0.2) is 30.5 Å². The first-order valence-electron chi connectivity index (χ1n) is 8.61. The van der Waals surface area contributed by atoms with E-state index in [1.807, 2.05) is 12.3 Å². The van der Waals surface area contributed by atoms with E-state index in [4.69, 9.17) is 4.98 Å². The number of anilines is 4. The largest absolute Gasteiger partial charge is 0.384 e. The highest BCUT2D eigenvalue weighted by Gasteiger charge is 2.19. The van der Waals surface area contributed by atoms with Crippen LogP contribution in [-0.4, -0.2) is 27.5 Å². The maximum absolute atomic E-state index is 4.71. The van der Waals surface area contributed by atoms with Crippen molar-refractivity contribution in [2.24, 2.45) is 0 Å². The van der Waals surface area contributed by atoms with Gasteiger partial charge in [-0.2, -0.15) is 9.97 Å². The maximum Gasteiger partial charge on any atom is 0.231 e. The Morgan fingerprint density at radius 2 is 2.08 bits per heavy atom. The predicted octanol–water partition coefficient (Wildman–Crippen LogP) is 3.63. The molecule has 24 heavy (non-hydrogen) atoms. The number of nitrogens with one attached hydrogen (secondary N) is 4. The molecule has 122 valence electrons. The number of benzene rings is 1. The number of hydrogen-bond acceptors (Lipinski definition) is 5. The molecule has 1 aromatic carbocycles. The summed E-state index contributed by atoms with van der Waals surface area (Å²) < 4.78 is 0. The van der Waals surface area contributed by atoms with Crippen LogP contribution in [0.5, 0.6) is 0 Å². The minimum absolute atomic E-state index is 0.537. The molecule has 6 nitrogen and oxygen atoms in total. The average molecular weight is 320 g/mol. The Balaban J connectivity index is 1.47. The molecule has 0 radical (unpaired) electrons. The molecule has 4 N–H and O–H groups in total. The van der Waals surface area contributed by atoms with E-state index < -0.39 is 0 Å². The standard InChI is InChI=1S/C18H20N6/c1-2-12(3-1)21-17-14-7-9-20-16(14)23-18(24-17)22-13-5-4-11-6-8-19-15(11)10-13/h4-5,7,9-10,12,19H,1-3,6,8H2,(H3,20,21,22,23,24). The van der Waals surface area contributed by atoms with Crippen LogP contribution in [0.3, 0.4) is 0 Å². The third-order valence-corrected chi connectivity index (χ3v) is 4.94. The molecule has 2 aromatic heterocycles. The van der Waals surface area contributed by atoms with Gasteiger partial charge in [0, 0.05) is 30.2 Å². The normalized spacial score (nSPS) is 16.5. The molecule has 2 aliphatic rings. The number of rotatable bonds is 4. The van der Waals surface area contributed by atoms with Gasteiger partial charge in [0.05, 0.1) is 5.39 Å². The molecule has 0 atom stereocenters. The molecule has 0 spiro atoms. The lowest BCUT2D eigenvalue weighted by Crippen LogP contribution is -2.27. The van der Waals surface area contributed by atoms with E-state index in [1.54, 1.807) is 0 Å². The van der Waals surface area contributed by atoms with Crippen molar-refractivity contribution in [1.82, 2.24) is 15.0 Å². The van der Waals surface area contributed by atoms with Gasteiger partial charge in [0.2, 0.25) is 5.95 Å². The number of hydrogen-bond donors (Lipinski definition) is 4. The Morgan fingerprint density at radius 3 is 2.96 bits per heavy atom. The molecule has 1 fully saturated rings. The number of aromatic nitrogens is 3. The van der Waals surface area contributed by atoms with Gasteiger partial charge in [-0.1, -0.05) is 6.07 Å². The van der Waals surface area contributed by atoms with Crippen molar-refractivity contribution in [3.05, 3.63) is 36.0 Å². The van der Waals surface area contributed by atoms with Crippen LogP contribution in [-0.2, 0) is 6.42 Å². The monoisotopic (exact) mass is 320 g/mol. The van der Waals surface area contributed by atoms with Gasteiger partial charge in [-0.05, 0) is 49.4 Å². The molecule has 0 saturated heterocycles. The van der Waals surface area contributed by atoms with Gasteiger partial charge in [0.15, 0.2) is 0 Å². The summed E-state index contributed by atoms with van der Waals surface area (Å²) in [5.74, 6) is 1.53. The zero-order valence-corrected chi connectivity index (χ0v) is 13.4. The Morgan fingerprint density at radius 1 is 1.12 bits per heavy atom. The van der Waals surface area contributed by atoms with Crippen LogP contribution in [0.1, 0.15) is 24.8 Å². The van der Waals surface area contributed by atoms with Crippen LogP contribution in [0.25, 0.3) is 11.0 Å². The zero-order chi connectivity index (χ0) is 15.9. The summed E-state index contributed by atoms with van der Waals surface area (Å²) in [6.07, 6.45) is 6.74. The third-order valence-electron chi connectivity index (χ3n) is 4.94. The summed E-state index contributed by atoms with van der Waals surface area (Å²) in [6, 6.07) is 8.95. The quantitative estimate of drug-likeness (QED) is 0.590. The first kappa shape index (κ1) is 13.7. The van der Waals surface area contributed by atoms with Crippen molar-refractivity contribution in [1.29, 1.82) is 0 Å². The fraction of sp³-hybridized carbons (Fsp3) is 0.333. The SMILES string of the molecule is c1cc2c(NC3CCC3)nc(Nc3ccc4c(c3)NCC4)nc2[nH]1. The lowest BCUT2D eigenvalue weighted by atomic mass is 9.93. The summed E-state index contributed by atoms with van der Waals surface area (Å²) >= 11 is 0. The highest BCUT2D eigenvalue weighted by Crippen LogP contribution is 2.30. The van der Waals surface area contributed by atoms with Crippen molar-refractivity contribution in [3.8, 4) is 0 Å². The van der Waals surface area contributed by atoms with Gasteiger partial charge in [-0.3, -0.25) is 0 Å². The minimum atomic E-state index is 0.537. The Hall–Kier alpha value is -2.76. The maximum atomic E-state index is 4.71. The topological polar surface area (TPSA) is 77.7 Å². The molecule has 0 amide bonds. The molecule has 3 aromatic rings. The number of H-pyrrole nitrogens is 1. The average Bonchev–Trinajstić information content (AvgIpc) is 3.18. The highest BCUT2D eigenvalue weighted by molar-refractivity contribution is 5.88. The fourth-order valence-corrected chi connectivity index (χ4v) is 3.35. The Kier molecular flexibility index (Phi) is 3.07. The number of fused-ring (bicyclic) bond motifs is 2. The Labute approximate surface area is 140 Å². The lowest BCUT2D eigenvalue weighted by Gasteiger charge is -2.27. The smallest absolute Gasteiger partial charge is 0.231 e. The van der Waals surface area contributed by atoms with E-state index in [2.05, 4.69) is 44.1 Å². The van der Waals surface area contributed by atoms with E-state index in [9.17, 15) is 0 Å². The Bertz CT molecular complexity index is 896. The van der Waals surface area contributed by atoms with E-state index in [-0.39, 0.29) is 0 Å². The minimum Gasteiger partial charge on any atom is -0.384 e. The number of aromatic amines is 1. The fourth-order valence-electron chi connectivity index (χ4n) is 3.35. The van der Waals surface area contributed by atoms with Crippen LogP contribution in [0.2, 0.25) is 0 Å². The van der Waals surface area contributed by atoms with E-state index in [0.717, 1.165) is 35.5 Å². The summed E-state index contributed by atoms with van der Waals surface area (Å²) in [5.41, 5.74) is 4.43. The molecule has 3 heterocycles. The van der Waals surface area contributed by atoms with Crippen LogP contribution in [0, 0.1) is 0 Å². The highest BCUT2D eigenvalue weighted by atomic mass is 15.2. The number of nitrogens with zero attached hydrogens (tertiary/aromatic N) is 2. The van der Waals surface area contributed by atoms with Gasteiger partial charge in [-0.25, -0.2) is 0 Å². The third kappa shape index (κ3) is 2.35. The van der Waals surface area contributed by atoms with E-state index >= 15 is 0 Å². The van der Waals surface area contributed by atoms with Gasteiger partial charge in [0.25, 0.3) is 0 Å². The molecule has 1 aliphatic carbocycles. The van der Waals surface area contributed by atoms with Crippen LogP contribution >= 0.6 is 0 Å². The van der Waals surface area contributed by atoms with E-state index in [0.29, 0.717) is 12.0 Å². The van der Waals surface area contributed by atoms with E-state index in [1.165, 1.54) is 30.5 Å². The predicted molar refractivity (Wildman–Crippen MR) is 97.1 cm³/mol. The molecule has 0 unspecified atom stereocenters. The second kappa shape index (κ2) is 5.40. The molecular formula is C18H20N6. The van der Waals surface area contributed by atoms with Gasteiger partial charge in [0.1, 0.15) is 11.5 Å². The molecule has 1 aliphatic heterocycles. The molecule has 6 heteroatoms. The van der Waals surface area contributed by atoms with Crippen molar-refractivity contribution < 1.29 is 0 Å². The van der Waals surface area contributed by atoms with Gasteiger partial charge < -0.3 is 20.9 Å². The zero-order valence-electron chi connectivity index (χ0n) is 13.4. The van der Waals surface area contributed by atoms with Crippen molar-refractivity contribution in [2.75, 3.05) is 22.5 Å². The summed E-state index contributed by atoms with van der Waals surface area (Å²) in [7, 11) is 0. The first-order valence-corrected chi connectivity index (χ1v) is 8.61. The van der Waals surface area contributed by atoms with Crippen LogP contribution in [0.4, 0.5) is 23.1 Å². The molecule has 0 bridgehead atoms. The second-order valence-electron chi connectivity index (χ2n) is 6.58. The lowest BCUT2D eigenvalue weighted by molar-refractivity contribution is 0.445. The molecule has 1 saturated carbocycles. The van der Waals surface area contributed by atoms with Gasteiger partial charge >= 0.3 is 0 Å². The van der Waals surface area contributed by atoms with Gasteiger partial charge in [-0.15, -0.1) is 0 Å². The van der Waals surface area contributed by atoms with Crippen LogP contribution < -0.4 is 16.0 Å². The van der Waals surface area contributed by atoms with Crippen molar-refractivity contribution >= 4 is 34.2 Å². The first-order chi connectivity index (χ1) is 11.8. The summed E-state index contributed by atoms with van der Waals surface area (Å²) in [6.45, 7) is 1.01. The summed E-state index contributed by atoms with van der Waals surface area (Å²) in [4.78, 5) is 12.5. The summed E-state index contributed by atoms with van der Waals surface area (Å²) in [5, 5.41) is 11.3. The van der Waals surface area contributed by atoms with Crippen molar-refractivity contribution in [2.45, 2.75) is 31.7 Å².